The van der Waals surface area contributed by atoms with Gasteiger partial charge in [-0.1, -0.05) is 29.3 Å². The number of carbonyl (C=O) groups excluding carboxylic acids is 1. The van der Waals surface area contributed by atoms with Crippen molar-refractivity contribution in [3.63, 3.8) is 0 Å². The van der Waals surface area contributed by atoms with Gasteiger partial charge in [-0.05, 0) is 32.9 Å². The molecule has 1 aromatic rings. The van der Waals surface area contributed by atoms with E-state index in [1.165, 1.54) is 26.0 Å². The molecule has 0 aliphatic heterocycles. The quantitative estimate of drug-likeness (QED) is 0.716. The summed E-state index contributed by atoms with van der Waals surface area (Å²) in [4.78, 5) is 10.6. The summed E-state index contributed by atoms with van der Waals surface area (Å²) in [6.07, 6.45) is 0. The average molecular weight is 395 g/mol. The van der Waals surface area contributed by atoms with Gasteiger partial charge in [0.1, 0.15) is 10.3 Å². The Hall–Kier alpha value is -0.880. The summed E-state index contributed by atoms with van der Waals surface area (Å²) in [6, 6.07) is 6.20. The van der Waals surface area contributed by atoms with Gasteiger partial charge in [-0.15, -0.1) is 23.2 Å². The van der Waals surface area contributed by atoms with Crippen molar-refractivity contribution in [3.8, 4) is 0 Å². The minimum Gasteiger partial charge on any atom is -0.292 e. The molecule has 0 fully saturated rings. The summed E-state index contributed by atoms with van der Waals surface area (Å²) >= 11 is 18.4. The molecule has 2 rings (SSSR count). The van der Waals surface area contributed by atoms with Crippen LogP contribution < -0.4 is 0 Å². The number of halogens is 3. The highest BCUT2D eigenvalue weighted by molar-refractivity contribution is 7.90. The van der Waals surface area contributed by atoms with Crippen molar-refractivity contribution in [2.45, 2.75) is 35.9 Å². The van der Waals surface area contributed by atoms with Crippen molar-refractivity contribution in [1.29, 1.82) is 0 Å². The first kappa shape index (κ1) is 18.5. The second-order valence-electron chi connectivity index (χ2n) is 5.47. The van der Waals surface area contributed by atoms with E-state index in [2.05, 4.69) is 4.40 Å². The first-order chi connectivity index (χ1) is 10.5. The largest absolute Gasteiger partial charge is 0.292 e. The second-order valence-corrected chi connectivity index (χ2v) is 8.67. The van der Waals surface area contributed by atoms with E-state index >= 15 is 0 Å². The van der Waals surface area contributed by atoms with Gasteiger partial charge >= 0.3 is 0 Å². The molecule has 0 bridgehead atoms. The Labute approximate surface area is 150 Å². The predicted octanol–water partition coefficient (Wildman–Crippen LogP) is 3.83. The lowest BCUT2D eigenvalue weighted by molar-refractivity contribution is -0.117. The summed E-state index contributed by atoms with van der Waals surface area (Å²) in [6.45, 7) is 4.71. The van der Waals surface area contributed by atoms with Crippen LogP contribution in [0.3, 0.4) is 0 Å². The maximum Gasteiger partial charge on any atom is 0.282 e. The fourth-order valence-electron chi connectivity index (χ4n) is 2.12. The highest BCUT2D eigenvalue weighted by atomic mass is 35.5. The zero-order valence-corrected chi connectivity index (χ0v) is 15.7. The number of carbonyl (C=O) groups is 1. The van der Waals surface area contributed by atoms with Crippen LogP contribution in [0.5, 0.6) is 0 Å². The van der Waals surface area contributed by atoms with E-state index < -0.39 is 26.1 Å². The Morgan fingerprint density at radius 2 is 1.70 bits per heavy atom. The third-order valence-corrected chi connectivity index (χ3v) is 6.52. The number of rotatable bonds is 2. The molecule has 1 aromatic carbocycles. The van der Waals surface area contributed by atoms with E-state index in [1.807, 2.05) is 6.92 Å². The van der Waals surface area contributed by atoms with Crippen LogP contribution in [0.1, 0.15) is 19.4 Å². The number of benzene rings is 1. The lowest BCUT2D eigenvalue weighted by Crippen LogP contribution is -2.48. The molecular formula is C15H14Cl3NO3S. The van der Waals surface area contributed by atoms with Crippen LogP contribution in [-0.4, -0.2) is 30.2 Å². The van der Waals surface area contributed by atoms with Gasteiger partial charge in [-0.2, -0.15) is 12.8 Å². The summed E-state index contributed by atoms with van der Waals surface area (Å²) in [5.74, 6) is -0.448. The van der Waals surface area contributed by atoms with E-state index in [1.54, 1.807) is 12.1 Å². The van der Waals surface area contributed by atoms with Gasteiger partial charge in [-0.3, -0.25) is 4.79 Å². The van der Waals surface area contributed by atoms with Gasteiger partial charge < -0.3 is 0 Å². The third kappa shape index (κ3) is 3.33. The Morgan fingerprint density at radius 3 is 2.22 bits per heavy atom. The van der Waals surface area contributed by atoms with Crippen LogP contribution in [0.2, 0.25) is 0 Å². The predicted molar refractivity (Wildman–Crippen MR) is 93.3 cm³/mol. The minimum atomic E-state index is -4.02. The SMILES string of the molecule is CC1=C(Cl)C(=NS(=O)(=O)c2ccc(C)cc2)[C@@H](Cl)[C@](C)(Cl)C1=O. The van der Waals surface area contributed by atoms with E-state index in [9.17, 15) is 13.2 Å². The maximum atomic E-state index is 12.4. The Bertz CT molecular complexity index is 824. The molecule has 0 unspecified atom stereocenters. The topological polar surface area (TPSA) is 63.6 Å². The molecule has 4 nitrogen and oxygen atoms in total. The van der Waals surface area contributed by atoms with Crippen LogP contribution in [0.15, 0.2) is 44.2 Å². The molecule has 124 valence electrons. The molecule has 0 spiro atoms. The highest BCUT2D eigenvalue weighted by Gasteiger charge is 2.48. The molecule has 1 aliphatic carbocycles. The van der Waals surface area contributed by atoms with E-state index in [4.69, 9.17) is 34.8 Å². The smallest absolute Gasteiger partial charge is 0.282 e. The normalized spacial score (nSPS) is 27.7. The van der Waals surface area contributed by atoms with Crippen LogP contribution in [0.25, 0.3) is 0 Å². The number of allylic oxidation sites excluding steroid dienone is 2. The first-order valence-corrected chi connectivity index (χ1v) is 9.28. The van der Waals surface area contributed by atoms with Crippen molar-refractivity contribution in [1.82, 2.24) is 0 Å². The van der Waals surface area contributed by atoms with Gasteiger partial charge in [-0.25, -0.2) is 0 Å². The van der Waals surface area contributed by atoms with Gasteiger partial charge in [0.05, 0.1) is 15.6 Å². The van der Waals surface area contributed by atoms with Crippen molar-refractivity contribution in [3.05, 3.63) is 40.4 Å². The van der Waals surface area contributed by atoms with Crippen LogP contribution in [0, 0.1) is 6.92 Å². The number of aryl methyl sites for hydroxylation is 1. The lowest BCUT2D eigenvalue weighted by atomic mass is 9.87. The number of sulfonamides is 1. The molecule has 0 N–H and O–H groups in total. The summed E-state index contributed by atoms with van der Waals surface area (Å²) in [7, 11) is -4.02. The number of hydrogen-bond donors (Lipinski definition) is 0. The number of nitrogens with zero attached hydrogens (tertiary/aromatic N) is 1. The summed E-state index contributed by atoms with van der Waals surface area (Å²) in [5, 5.41) is -1.24. The van der Waals surface area contributed by atoms with Crippen molar-refractivity contribution >= 4 is 56.3 Å². The lowest BCUT2D eigenvalue weighted by Gasteiger charge is -2.32. The van der Waals surface area contributed by atoms with E-state index in [0.29, 0.717) is 0 Å². The van der Waals surface area contributed by atoms with Gasteiger partial charge in [0.25, 0.3) is 10.0 Å². The summed E-state index contributed by atoms with van der Waals surface area (Å²) < 4.78 is 28.6. The standard InChI is InChI=1S/C15H14Cl3NO3S/c1-8-4-6-10(7-5-8)23(21,22)19-12-11(16)9(2)14(20)15(3,18)13(12)17/h4-7,13H,1-3H3/t13-,15+/m1/s1. The molecule has 0 aromatic heterocycles. The minimum absolute atomic E-state index is 0.00904. The fourth-order valence-corrected chi connectivity index (χ4v) is 4.06. The van der Waals surface area contributed by atoms with Crippen LogP contribution >= 0.6 is 34.8 Å². The number of Topliss-reactive ketones (excluding diaryl/α,β-unsaturated/α-hetero) is 1. The number of ketones is 1. The highest BCUT2D eigenvalue weighted by Crippen LogP contribution is 2.38. The number of alkyl halides is 2. The van der Waals surface area contributed by atoms with Crippen molar-refractivity contribution in [2.24, 2.45) is 4.40 Å². The molecule has 0 amide bonds. The Morgan fingerprint density at radius 1 is 1.17 bits per heavy atom. The molecular weight excluding hydrogens is 381 g/mol. The molecule has 0 radical (unpaired) electrons. The maximum absolute atomic E-state index is 12.4. The summed E-state index contributed by atoms with van der Waals surface area (Å²) in [5.41, 5.74) is 0.930. The zero-order valence-electron chi connectivity index (χ0n) is 12.6. The fraction of sp³-hybridized carbons (Fsp3) is 0.333. The molecule has 1 aliphatic rings. The molecule has 0 saturated carbocycles. The van der Waals surface area contributed by atoms with Gasteiger partial charge in [0.2, 0.25) is 0 Å². The van der Waals surface area contributed by atoms with Gasteiger partial charge in [0, 0.05) is 5.57 Å². The average Bonchev–Trinajstić information content (AvgIpc) is 2.49. The first-order valence-electron chi connectivity index (χ1n) is 6.64. The Kier molecular flexibility index (Phi) is 4.98. The van der Waals surface area contributed by atoms with Crippen molar-refractivity contribution < 1.29 is 13.2 Å². The molecule has 0 saturated heterocycles. The molecule has 8 heteroatoms. The molecule has 23 heavy (non-hydrogen) atoms. The van der Waals surface area contributed by atoms with Gasteiger partial charge in [0.15, 0.2) is 5.78 Å². The van der Waals surface area contributed by atoms with Crippen LogP contribution in [-0.2, 0) is 14.8 Å². The van der Waals surface area contributed by atoms with Crippen molar-refractivity contribution in [2.75, 3.05) is 0 Å². The van der Waals surface area contributed by atoms with E-state index in [-0.39, 0.29) is 21.2 Å². The van der Waals surface area contributed by atoms with Crippen LogP contribution in [0.4, 0.5) is 0 Å². The Balaban J connectivity index is 2.61. The third-order valence-electron chi connectivity index (χ3n) is 3.59. The number of hydrogen-bond acceptors (Lipinski definition) is 3. The van der Waals surface area contributed by atoms with E-state index in [0.717, 1.165) is 5.56 Å². The second kappa shape index (κ2) is 6.20. The molecule has 0 heterocycles. The molecule has 2 atom stereocenters. The zero-order chi connectivity index (χ0) is 17.6. The monoisotopic (exact) mass is 393 g/mol.